The van der Waals surface area contributed by atoms with Gasteiger partial charge in [0.1, 0.15) is 16.6 Å². The number of halogens is 1. The summed E-state index contributed by atoms with van der Waals surface area (Å²) in [4.78, 5) is 16.3. The Hall–Kier alpha value is -3.44. The van der Waals surface area contributed by atoms with E-state index >= 15 is 0 Å². The smallest absolute Gasteiger partial charge is 0.137 e. The lowest BCUT2D eigenvalue weighted by molar-refractivity contribution is 1.31. The normalized spacial score (nSPS) is 11.1. The minimum absolute atomic E-state index is 0.427. The fourth-order valence-corrected chi connectivity index (χ4v) is 3.42. The summed E-state index contributed by atoms with van der Waals surface area (Å²) in [6, 6.07) is 17.7. The Morgan fingerprint density at radius 3 is 2.78 bits per heavy atom. The number of nitrogens with zero attached hydrogens (tertiary/aromatic N) is 3. The molecule has 0 amide bonds. The molecule has 0 spiro atoms. The highest BCUT2D eigenvalue weighted by Crippen LogP contribution is 2.31. The molecule has 0 unspecified atom stereocenters. The number of aromatic amines is 1. The van der Waals surface area contributed by atoms with Crippen LogP contribution in [0.1, 0.15) is 0 Å². The molecule has 4 heterocycles. The Balaban J connectivity index is 1.55. The fourth-order valence-electron chi connectivity index (χ4n) is 3.21. The van der Waals surface area contributed by atoms with Crippen LogP contribution in [0.4, 0.5) is 11.5 Å². The molecule has 5 aromatic rings. The molecule has 0 aliphatic carbocycles. The third-order valence-corrected chi connectivity index (χ3v) is 4.63. The zero-order valence-electron chi connectivity index (χ0n) is 14.1. The van der Waals surface area contributed by atoms with Crippen molar-refractivity contribution in [3.63, 3.8) is 0 Å². The van der Waals surface area contributed by atoms with Gasteiger partial charge in [-0.1, -0.05) is 17.7 Å². The summed E-state index contributed by atoms with van der Waals surface area (Å²) in [6.07, 6.45) is 5.49. The van der Waals surface area contributed by atoms with E-state index in [0.29, 0.717) is 11.0 Å². The lowest BCUT2D eigenvalue weighted by Gasteiger charge is -2.09. The first kappa shape index (κ1) is 15.8. The van der Waals surface area contributed by atoms with Crippen LogP contribution in [0, 0.1) is 0 Å². The van der Waals surface area contributed by atoms with Gasteiger partial charge in [0.05, 0.1) is 5.52 Å². The van der Waals surface area contributed by atoms with Crippen molar-refractivity contribution in [2.24, 2.45) is 0 Å². The zero-order valence-corrected chi connectivity index (χ0v) is 14.9. The lowest BCUT2D eigenvalue weighted by Crippen LogP contribution is -1.95. The first-order valence-electron chi connectivity index (χ1n) is 8.48. The first-order valence-corrected chi connectivity index (χ1v) is 8.86. The minimum Gasteiger partial charge on any atom is -0.346 e. The number of pyridine rings is 3. The Labute approximate surface area is 160 Å². The van der Waals surface area contributed by atoms with Gasteiger partial charge in [-0.05, 0) is 54.1 Å². The molecule has 2 N–H and O–H groups in total. The van der Waals surface area contributed by atoms with Crippen LogP contribution in [-0.4, -0.2) is 19.9 Å². The number of H-pyrrole nitrogens is 1. The van der Waals surface area contributed by atoms with E-state index in [2.05, 4.69) is 25.3 Å². The summed E-state index contributed by atoms with van der Waals surface area (Å²) < 4.78 is 0. The van der Waals surface area contributed by atoms with E-state index in [4.69, 9.17) is 11.6 Å². The maximum atomic E-state index is 6.29. The van der Waals surface area contributed by atoms with Crippen molar-refractivity contribution in [2.75, 3.05) is 5.32 Å². The van der Waals surface area contributed by atoms with E-state index in [1.165, 1.54) is 0 Å². The number of rotatable bonds is 3. The number of hydrogen-bond donors (Lipinski definition) is 2. The van der Waals surface area contributed by atoms with Gasteiger partial charge in [0.25, 0.3) is 0 Å². The van der Waals surface area contributed by atoms with E-state index in [-0.39, 0.29) is 0 Å². The van der Waals surface area contributed by atoms with E-state index in [0.717, 1.165) is 38.8 Å². The standard InChI is InChI=1S/C21H14ClN5/c22-19-10-14(17-12-25-21-16(17)4-2-8-24-21)11-20(27-19)26-15-5-6-18-13(9-15)3-1-7-23-18/h1-12H,(H,24,25)(H,26,27). The van der Waals surface area contributed by atoms with E-state index in [1.54, 1.807) is 12.4 Å². The molecule has 0 fully saturated rings. The monoisotopic (exact) mass is 371 g/mol. The summed E-state index contributed by atoms with van der Waals surface area (Å²) in [5.41, 5.74) is 4.73. The van der Waals surface area contributed by atoms with Gasteiger partial charge >= 0.3 is 0 Å². The molecule has 4 aromatic heterocycles. The predicted molar refractivity (Wildman–Crippen MR) is 109 cm³/mol. The van der Waals surface area contributed by atoms with Crippen molar-refractivity contribution in [1.82, 2.24) is 19.9 Å². The third kappa shape index (κ3) is 2.98. The SMILES string of the molecule is Clc1cc(-c2c[nH]c3ncccc23)cc(Nc2ccc3ncccc3c2)n1. The average Bonchev–Trinajstić information content (AvgIpc) is 3.12. The van der Waals surface area contributed by atoms with Crippen molar-refractivity contribution >= 4 is 45.0 Å². The van der Waals surface area contributed by atoms with Crippen LogP contribution in [0.25, 0.3) is 33.1 Å². The van der Waals surface area contributed by atoms with Gasteiger partial charge in [-0.3, -0.25) is 4.98 Å². The van der Waals surface area contributed by atoms with Crippen LogP contribution in [0.15, 0.2) is 73.2 Å². The largest absolute Gasteiger partial charge is 0.346 e. The highest BCUT2D eigenvalue weighted by atomic mass is 35.5. The van der Waals surface area contributed by atoms with Gasteiger partial charge in [-0.15, -0.1) is 0 Å². The highest BCUT2D eigenvalue weighted by Gasteiger charge is 2.10. The number of hydrogen-bond acceptors (Lipinski definition) is 4. The summed E-state index contributed by atoms with van der Waals surface area (Å²) in [5.74, 6) is 0.680. The molecular weight excluding hydrogens is 358 g/mol. The van der Waals surface area contributed by atoms with Crippen LogP contribution in [0.5, 0.6) is 0 Å². The lowest BCUT2D eigenvalue weighted by atomic mass is 10.1. The topological polar surface area (TPSA) is 66.5 Å². The molecule has 0 saturated heterocycles. The van der Waals surface area contributed by atoms with Gasteiger partial charge in [-0.2, -0.15) is 0 Å². The van der Waals surface area contributed by atoms with Gasteiger partial charge in [-0.25, -0.2) is 9.97 Å². The predicted octanol–water partition coefficient (Wildman–Crippen LogP) is 5.57. The number of nitrogens with one attached hydrogen (secondary N) is 2. The molecule has 27 heavy (non-hydrogen) atoms. The van der Waals surface area contributed by atoms with Crippen LogP contribution in [0.3, 0.4) is 0 Å². The summed E-state index contributed by atoms with van der Waals surface area (Å²) in [7, 11) is 0. The van der Waals surface area contributed by atoms with E-state index < -0.39 is 0 Å². The Morgan fingerprint density at radius 2 is 1.81 bits per heavy atom. The zero-order chi connectivity index (χ0) is 18.2. The second kappa shape index (κ2) is 6.37. The Bertz CT molecular complexity index is 1280. The van der Waals surface area contributed by atoms with Crippen molar-refractivity contribution in [3.05, 3.63) is 78.3 Å². The molecule has 5 rings (SSSR count). The summed E-state index contributed by atoms with van der Waals surface area (Å²) >= 11 is 6.29. The molecule has 0 aliphatic heterocycles. The van der Waals surface area contributed by atoms with Gasteiger partial charge in [0, 0.05) is 40.6 Å². The van der Waals surface area contributed by atoms with E-state index in [1.807, 2.05) is 60.8 Å². The third-order valence-electron chi connectivity index (χ3n) is 4.43. The van der Waals surface area contributed by atoms with Gasteiger partial charge in [0.2, 0.25) is 0 Å². The average molecular weight is 372 g/mol. The maximum absolute atomic E-state index is 6.29. The van der Waals surface area contributed by atoms with Crippen molar-refractivity contribution < 1.29 is 0 Å². The Kier molecular flexibility index (Phi) is 3.73. The summed E-state index contributed by atoms with van der Waals surface area (Å²) in [5, 5.41) is 5.87. The Morgan fingerprint density at radius 1 is 0.926 bits per heavy atom. The summed E-state index contributed by atoms with van der Waals surface area (Å²) in [6.45, 7) is 0. The molecule has 0 radical (unpaired) electrons. The van der Waals surface area contributed by atoms with Crippen molar-refractivity contribution in [1.29, 1.82) is 0 Å². The molecule has 0 saturated carbocycles. The highest BCUT2D eigenvalue weighted by molar-refractivity contribution is 6.29. The quantitative estimate of drug-likeness (QED) is 0.407. The second-order valence-corrected chi connectivity index (χ2v) is 6.59. The maximum Gasteiger partial charge on any atom is 0.137 e. The fraction of sp³-hybridized carbons (Fsp3) is 0. The number of fused-ring (bicyclic) bond motifs is 2. The van der Waals surface area contributed by atoms with Crippen LogP contribution >= 0.6 is 11.6 Å². The van der Waals surface area contributed by atoms with Crippen LogP contribution in [-0.2, 0) is 0 Å². The number of benzene rings is 1. The number of anilines is 2. The van der Waals surface area contributed by atoms with Crippen molar-refractivity contribution in [2.45, 2.75) is 0 Å². The van der Waals surface area contributed by atoms with Crippen LogP contribution in [0.2, 0.25) is 5.15 Å². The minimum atomic E-state index is 0.427. The molecule has 0 bridgehead atoms. The molecule has 130 valence electrons. The van der Waals surface area contributed by atoms with Crippen LogP contribution < -0.4 is 5.32 Å². The molecular formula is C21H14ClN5. The first-order chi connectivity index (χ1) is 13.3. The molecule has 0 atom stereocenters. The second-order valence-electron chi connectivity index (χ2n) is 6.20. The van der Waals surface area contributed by atoms with Gasteiger partial charge in [0.15, 0.2) is 0 Å². The number of aromatic nitrogens is 4. The molecule has 1 aromatic carbocycles. The van der Waals surface area contributed by atoms with E-state index in [9.17, 15) is 0 Å². The van der Waals surface area contributed by atoms with Crippen molar-refractivity contribution in [3.8, 4) is 11.1 Å². The molecule has 0 aliphatic rings. The molecule has 5 nitrogen and oxygen atoms in total. The molecule has 6 heteroatoms. The van der Waals surface area contributed by atoms with Gasteiger partial charge < -0.3 is 10.3 Å².